The van der Waals surface area contributed by atoms with E-state index >= 15 is 0 Å². The minimum Gasteiger partial charge on any atom is -0.317 e. The largest absolute Gasteiger partial charge is 0.317 e. The Morgan fingerprint density at radius 1 is 1.37 bits per heavy atom. The van der Waals surface area contributed by atoms with Gasteiger partial charge in [0.25, 0.3) is 0 Å². The summed E-state index contributed by atoms with van der Waals surface area (Å²) in [5.74, 6) is 0.245. The zero-order valence-corrected chi connectivity index (χ0v) is 12.0. The number of rotatable bonds is 6. The molecule has 0 unspecified atom stereocenters. The van der Waals surface area contributed by atoms with E-state index in [4.69, 9.17) is 0 Å². The van der Waals surface area contributed by atoms with Gasteiger partial charge in [0.05, 0.1) is 6.20 Å². The van der Waals surface area contributed by atoms with Crippen molar-refractivity contribution in [3.8, 4) is 0 Å². The van der Waals surface area contributed by atoms with E-state index in [0.717, 1.165) is 51.7 Å². The number of aromatic nitrogens is 3. The molecule has 0 bridgehead atoms. The van der Waals surface area contributed by atoms with E-state index < -0.39 is 0 Å². The Morgan fingerprint density at radius 3 is 2.74 bits per heavy atom. The standard InChI is InChI=1S/C14H24N4O/c1-3-5-14(6-8-15-9-7-14)13(19)12-11-16-17-18(12)10-4-2/h11,15H,3-10H2,1-2H3. The van der Waals surface area contributed by atoms with Crippen LogP contribution in [0.3, 0.4) is 0 Å². The lowest BCUT2D eigenvalue weighted by molar-refractivity contribution is 0.0691. The molecule has 1 aromatic heterocycles. The molecule has 0 saturated carbocycles. The summed E-state index contributed by atoms with van der Waals surface area (Å²) in [5, 5.41) is 11.3. The van der Waals surface area contributed by atoms with Crippen molar-refractivity contribution in [1.82, 2.24) is 20.3 Å². The molecule has 106 valence electrons. The lowest BCUT2D eigenvalue weighted by atomic mass is 9.71. The van der Waals surface area contributed by atoms with Gasteiger partial charge >= 0.3 is 0 Å². The maximum Gasteiger partial charge on any atom is 0.188 e. The van der Waals surface area contributed by atoms with Crippen LogP contribution in [0.25, 0.3) is 0 Å². The number of hydrogen-bond acceptors (Lipinski definition) is 4. The fraction of sp³-hybridized carbons (Fsp3) is 0.786. The van der Waals surface area contributed by atoms with Gasteiger partial charge in [-0.15, -0.1) is 5.10 Å². The molecular weight excluding hydrogens is 240 g/mol. The Kier molecular flexibility index (Phi) is 4.69. The minimum atomic E-state index is -0.201. The van der Waals surface area contributed by atoms with Crippen molar-refractivity contribution < 1.29 is 4.79 Å². The van der Waals surface area contributed by atoms with Crippen LogP contribution >= 0.6 is 0 Å². The Hall–Kier alpha value is -1.23. The quantitative estimate of drug-likeness (QED) is 0.799. The fourth-order valence-electron chi connectivity index (χ4n) is 3.06. The van der Waals surface area contributed by atoms with Gasteiger partial charge in [-0.2, -0.15) is 0 Å². The molecule has 5 heteroatoms. The molecule has 0 aromatic carbocycles. The molecule has 1 N–H and O–H groups in total. The molecule has 0 radical (unpaired) electrons. The van der Waals surface area contributed by atoms with Crippen LogP contribution in [0.4, 0.5) is 0 Å². The Morgan fingerprint density at radius 2 is 2.11 bits per heavy atom. The Labute approximate surface area is 114 Å². The summed E-state index contributed by atoms with van der Waals surface area (Å²) in [7, 11) is 0. The van der Waals surface area contributed by atoms with Gasteiger partial charge in [0, 0.05) is 12.0 Å². The van der Waals surface area contributed by atoms with Crippen molar-refractivity contribution in [3.05, 3.63) is 11.9 Å². The Bertz CT molecular complexity index is 415. The molecule has 19 heavy (non-hydrogen) atoms. The number of piperidine rings is 1. The van der Waals surface area contributed by atoms with Gasteiger partial charge < -0.3 is 5.32 Å². The summed E-state index contributed by atoms with van der Waals surface area (Å²) in [5.41, 5.74) is 0.491. The van der Waals surface area contributed by atoms with Crippen LogP contribution in [0.15, 0.2) is 6.20 Å². The lowest BCUT2D eigenvalue weighted by Gasteiger charge is -2.36. The van der Waals surface area contributed by atoms with Gasteiger partial charge in [-0.05, 0) is 38.8 Å². The van der Waals surface area contributed by atoms with Crippen molar-refractivity contribution in [1.29, 1.82) is 0 Å². The second-order valence-corrected chi connectivity index (χ2v) is 5.45. The fourth-order valence-corrected chi connectivity index (χ4v) is 3.06. The molecule has 0 aliphatic carbocycles. The molecule has 1 aliphatic heterocycles. The van der Waals surface area contributed by atoms with E-state index in [2.05, 4.69) is 29.5 Å². The van der Waals surface area contributed by atoms with E-state index in [-0.39, 0.29) is 11.2 Å². The van der Waals surface area contributed by atoms with Crippen molar-refractivity contribution in [2.75, 3.05) is 13.1 Å². The first-order chi connectivity index (χ1) is 9.23. The minimum absolute atomic E-state index is 0.201. The molecule has 1 fully saturated rings. The predicted molar refractivity (Wildman–Crippen MR) is 74.1 cm³/mol. The summed E-state index contributed by atoms with van der Waals surface area (Å²) < 4.78 is 1.77. The molecule has 2 rings (SSSR count). The summed E-state index contributed by atoms with van der Waals surface area (Å²) in [4.78, 5) is 12.9. The maximum atomic E-state index is 12.9. The highest BCUT2D eigenvalue weighted by Crippen LogP contribution is 2.37. The van der Waals surface area contributed by atoms with Gasteiger partial charge in [0.2, 0.25) is 0 Å². The smallest absolute Gasteiger partial charge is 0.188 e. The molecule has 1 saturated heterocycles. The number of Topliss-reactive ketones (excluding diaryl/α,β-unsaturated/α-hetero) is 1. The van der Waals surface area contributed by atoms with Crippen LogP contribution in [-0.4, -0.2) is 33.9 Å². The van der Waals surface area contributed by atoms with Crippen LogP contribution < -0.4 is 5.32 Å². The van der Waals surface area contributed by atoms with Crippen LogP contribution in [-0.2, 0) is 6.54 Å². The third-order valence-corrected chi connectivity index (χ3v) is 4.06. The second kappa shape index (κ2) is 6.28. The molecule has 5 nitrogen and oxygen atoms in total. The maximum absolute atomic E-state index is 12.9. The number of carbonyl (C=O) groups excluding carboxylic acids is 1. The summed E-state index contributed by atoms with van der Waals surface area (Å²) in [6.45, 7) is 6.87. The van der Waals surface area contributed by atoms with Crippen LogP contribution in [0.1, 0.15) is 56.4 Å². The zero-order chi connectivity index (χ0) is 13.7. The topological polar surface area (TPSA) is 59.8 Å². The van der Waals surface area contributed by atoms with E-state index in [1.165, 1.54) is 0 Å². The first kappa shape index (κ1) is 14.2. The molecule has 0 atom stereocenters. The van der Waals surface area contributed by atoms with Crippen molar-refractivity contribution in [2.24, 2.45) is 5.41 Å². The summed E-state index contributed by atoms with van der Waals surface area (Å²) in [6.07, 6.45) is 6.46. The predicted octanol–water partition coefficient (Wildman–Crippen LogP) is 2.04. The zero-order valence-electron chi connectivity index (χ0n) is 12.0. The first-order valence-electron chi connectivity index (χ1n) is 7.37. The second-order valence-electron chi connectivity index (χ2n) is 5.45. The highest BCUT2D eigenvalue weighted by atomic mass is 16.1. The number of aryl methyl sites for hydroxylation is 1. The van der Waals surface area contributed by atoms with Gasteiger partial charge in [-0.25, -0.2) is 4.68 Å². The normalized spacial score (nSPS) is 18.4. The number of carbonyl (C=O) groups is 1. The SMILES string of the molecule is CCCn1nncc1C(=O)C1(CCC)CCNCC1. The van der Waals surface area contributed by atoms with E-state index in [9.17, 15) is 4.79 Å². The Balaban J connectivity index is 2.25. The first-order valence-corrected chi connectivity index (χ1v) is 7.37. The van der Waals surface area contributed by atoms with Crippen molar-refractivity contribution >= 4 is 5.78 Å². The molecule has 2 heterocycles. The average molecular weight is 264 g/mol. The molecular formula is C14H24N4O. The van der Waals surface area contributed by atoms with Gasteiger partial charge in [-0.1, -0.05) is 25.5 Å². The number of nitrogens with one attached hydrogen (secondary N) is 1. The van der Waals surface area contributed by atoms with Gasteiger partial charge in [0.1, 0.15) is 5.69 Å². The van der Waals surface area contributed by atoms with Gasteiger partial charge in [-0.3, -0.25) is 4.79 Å². The van der Waals surface area contributed by atoms with Crippen LogP contribution in [0, 0.1) is 5.41 Å². The van der Waals surface area contributed by atoms with Crippen molar-refractivity contribution in [3.63, 3.8) is 0 Å². The number of hydrogen-bond donors (Lipinski definition) is 1. The average Bonchev–Trinajstić information content (AvgIpc) is 2.88. The van der Waals surface area contributed by atoms with E-state index in [1.807, 2.05) is 0 Å². The third-order valence-electron chi connectivity index (χ3n) is 4.06. The molecule has 0 spiro atoms. The molecule has 0 amide bonds. The van der Waals surface area contributed by atoms with Crippen LogP contribution in [0.2, 0.25) is 0 Å². The highest BCUT2D eigenvalue weighted by molar-refractivity contribution is 5.99. The summed E-state index contributed by atoms with van der Waals surface area (Å²) >= 11 is 0. The van der Waals surface area contributed by atoms with E-state index in [0.29, 0.717) is 5.69 Å². The van der Waals surface area contributed by atoms with Crippen molar-refractivity contribution in [2.45, 2.75) is 52.5 Å². The number of ketones is 1. The highest BCUT2D eigenvalue weighted by Gasteiger charge is 2.40. The van der Waals surface area contributed by atoms with Crippen LogP contribution in [0.5, 0.6) is 0 Å². The van der Waals surface area contributed by atoms with E-state index in [1.54, 1.807) is 10.9 Å². The molecule has 1 aromatic rings. The summed E-state index contributed by atoms with van der Waals surface area (Å²) in [6, 6.07) is 0. The number of nitrogens with zero attached hydrogens (tertiary/aromatic N) is 3. The monoisotopic (exact) mass is 264 g/mol. The van der Waals surface area contributed by atoms with Gasteiger partial charge in [0.15, 0.2) is 5.78 Å². The lowest BCUT2D eigenvalue weighted by Crippen LogP contribution is -2.42. The molecule has 1 aliphatic rings. The third kappa shape index (κ3) is 2.86.